The third kappa shape index (κ3) is 2.41. The topological polar surface area (TPSA) is 88.9 Å². The maximum Gasteiger partial charge on any atom is 0.259 e. The van der Waals surface area contributed by atoms with Gasteiger partial charge in [-0.25, -0.2) is 9.97 Å². The number of fused-ring (bicyclic) bond motifs is 1. The van der Waals surface area contributed by atoms with E-state index >= 15 is 0 Å². The van der Waals surface area contributed by atoms with Crippen LogP contribution in [0.5, 0.6) is 0 Å². The molecular formula is C15H18N6OS. The summed E-state index contributed by atoms with van der Waals surface area (Å²) in [6.45, 7) is 0.836. The second kappa shape index (κ2) is 6.08. The monoisotopic (exact) mass is 330 g/mol. The van der Waals surface area contributed by atoms with E-state index in [9.17, 15) is 4.79 Å². The van der Waals surface area contributed by atoms with E-state index in [1.54, 1.807) is 7.05 Å². The summed E-state index contributed by atoms with van der Waals surface area (Å²) in [5.41, 5.74) is 0.759. The lowest BCUT2D eigenvalue weighted by Crippen LogP contribution is -2.54. The van der Waals surface area contributed by atoms with Gasteiger partial charge in [-0.3, -0.25) is 4.79 Å². The summed E-state index contributed by atoms with van der Waals surface area (Å²) in [6.07, 6.45) is 6.91. The predicted molar refractivity (Wildman–Crippen MR) is 90.0 cm³/mol. The van der Waals surface area contributed by atoms with Crippen molar-refractivity contribution in [2.75, 3.05) is 31.3 Å². The Hall–Kier alpha value is -2.27. The van der Waals surface area contributed by atoms with Gasteiger partial charge in [0, 0.05) is 19.8 Å². The van der Waals surface area contributed by atoms with Crippen LogP contribution in [-0.2, 0) is 4.79 Å². The summed E-state index contributed by atoms with van der Waals surface area (Å²) in [4.78, 5) is 27.6. The number of hydrogen-bond acceptors (Lipinski definition) is 6. The van der Waals surface area contributed by atoms with Crippen molar-refractivity contribution in [3.8, 4) is 6.07 Å². The Bertz CT molecular complexity index is 769. The molecule has 1 aliphatic rings. The highest BCUT2D eigenvalue weighted by molar-refractivity contribution is 8.00. The van der Waals surface area contributed by atoms with E-state index in [0.717, 1.165) is 36.2 Å². The number of amides is 1. The molecule has 1 fully saturated rings. The van der Waals surface area contributed by atoms with Gasteiger partial charge in [0.2, 0.25) is 0 Å². The van der Waals surface area contributed by atoms with Crippen molar-refractivity contribution in [2.45, 2.75) is 17.7 Å². The van der Waals surface area contributed by atoms with Crippen molar-refractivity contribution >= 4 is 34.5 Å². The molecule has 0 spiro atoms. The van der Waals surface area contributed by atoms with Crippen LogP contribution in [0.25, 0.3) is 11.0 Å². The SMILES string of the molecule is CSC1(C(=O)N(C)CC#N)CCCN1c1ncnc2[nH]ccc12. The van der Waals surface area contributed by atoms with E-state index in [1.165, 1.54) is 23.0 Å². The van der Waals surface area contributed by atoms with Gasteiger partial charge >= 0.3 is 0 Å². The van der Waals surface area contributed by atoms with Gasteiger partial charge in [-0.1, -0.05) is 0 Å². The molecule has 0 aromatic carbocycles. The molecular weight excluding hydrogens is 312 g/mol. The van der Waals surface area contributed by atoms with Gasteiger partial charge in [0.25, 0.3) is 5.91 Å². The Morgan fingerprint density at radius 2 is 2.43 bits per heavy atom. The van der Waals surface area contributed by atoms with Gasteiger partial charge in [-0.05, 0) is 25.2 Å². The molecule has 1 N–H and O–H groups in total. The average molecular weight is 330 g/mol. The van der Waals surface area contributed by atoms with Crippen LogP contribution in [0, 0.1) is 11.3 Å². The number of H-pyrrole nitrogens is 1. The fourth-order valence-electron chi connectivity index (χ4n) is 3.14. The predicted octanol–water partition coefficient (Wildman–Crippen LogP) is 1.60. The first-order valence-corrected chi connectivity index (χ1v) is 8.60. The van der Waals surface area contributed by atoms with Crippen LogP contribution >= 0.6 is 11.8 Å². The molecule has 0 saturated carbocycles. The van der Waals surface area contributed by atoms with Crippen LogP contribution in [-0.4, -0.2) is 57.0 Å². The van der Waals surface area contributed by atoms with Crippen molar-refractivity contribution in [2.24, 2.45) is 0 Å². The summed E-state index contributed by atoms with van der Waals surface area (Å²) in [5, 5.41) is 9.80. The Morgan fingerprint density at radius 1 is 1.61 bits per heavy atom. The van der Waals surface area contributed by atoms with Crippen molar-refractivity contribution in [3.63, 3.8) is 0 Å². The first-order valence-electron chi connectivity index (χ1n) is 7.37. The number of nitriles is 1. The Balaban J connectivity index is 2.05. The number of anilines is 1. The number of carbonyl (C=O) groups is 1. The number of thioether (sulfide) groups is 1. The van der Waals surface area contributed by atoms with Crippen molar-refractivity contribution < 1.29 is 4.79 Å². The zero-order valence-corrected chi connectivity index (χ0v) is 13.9. The Labute approximate surface area is 138 Å². The van der Waals surface area contributed by atoms with Crippen LogP contribution in [0.2, 0.25) is 0 Å². The number of carbonyl (C=O) groups excluding carboxylic acids is 1. The van der Waals surface area contributed by atoms with E-state index < -0.39 is 4.87 Å². The number of rotatable bonds is 4. The number of nitrogens with zero attached hydrogens (tertiary/aromatic N) is 5. The van der Waals surface area contributed by atoms with Crippen LogP contribution < -0.4 is 4.90 Å². The number of hydrogen-bond donors (Lipinski definition) is 1. The molecule has 3 heterocycles. The minimum atomic E-state index is -0.718. The molecule has 3 rings (SSSR count). The van der Waals surface area contributed by atoms with Crippen molar-refractivity contribution in [1.29, 1.82) is 5.26 Å². The third-order valence-corrected chi connectivity index (χ3v) is 5.52. The number of aromatic amines is 1. The second-order valence-corrected chi connectivity index (χ2v) is 6.58. The molecule has 0 radical (unpaired) electrons. The molecule has 1 unspecified atom stereocenters. The zero-order chi connectivity index (χ0) is 16.4. The molecule has 0 aliphatic carbocycles. The van der Waals surface area contributed by atoms with E-state index in [1.807, 2.05) is 24.6 Å². The maximum absolute atomic E-state index is 13.0. The molecule has 2 aromatic heterocycles. The molecule has 1 amide bonds. The highest BCUT2D eigenvalue weighted by Gasteiger charge is 2.49. The standard InChI is InChI=1S/C15H18N6OS/c1-20(9-6-16)14(22)15(23-2)5-3-8-21(15)13-11-4-7-17-12(11)18-10-19-13/h4,7,10H,3,5,8-9H2,1-2H3,(H,17,18,19). The summed E-state index contributed by atoms with van der Waals surface area (Å²) in [7, 11) is 1.67. The lowest BCUT2D eigenvalue weighted by atomic mass is 10.1. The van der Waals surface area contributed by atoms with Gasteiger partial charge in [0.15, 0.2) is 4.87 Å². The lowest BCUT2D eigenvalue weighted by molar-refractivity contribution is -0.131. The number of nitrogens with one attached hydrogen (secondary N) is 1. The lowest BCUT2D eigenvalue weighted by Gasteiger charge is -2.38. The fourth-order valence-corrected chi connectivity index (χ4v) is 4.22. The van der Waals surface area contributed by atoms with Gasteiger partial charge in [-0.15, -0.1) is 11.8 Å². The fraction of sp³-hybridized carbons (Fsp3) is 0.467. The minimum absolute atomic E-state index is 0.0497. The maximum atomic E-state index is 13.0. The molecule has 23 heavy (non-hydrogen) atoms. The molecule has 7 nitrogen and oxygen atoms in total. The Kier molecular flexibility index (Phi) is 4.13. The van der Waals surface area contributed by atoms with E-state index in [2.05, 4.69) is 19.9 Å². The molecule has 0 bridgehead atoms. The first kappa shape index (κ1) is 15.6. The summed E-state index contributed by atoms with van der Waals surface area (Å²) in [5.74, 6) is 0.716. The van der Waals surface area contributed by atoms with E-state index in [-0.39, 0.29) is 12.5 Å². The molecule has 8 heteroatoms. The minimum Gasteiger partial charge on any atom is -0.346 e. The molecule has 2 aromatic rings. The van der Waals surface area contributed by atoms with Crippen LogP contribution in [0.15, 0.2) is 18.6 Å². The normalized spacial score (nSPS) is 20.7. The highest BCUT2D eigenvalue weighted by atomic mass is 32.2. The molecule has 120 valence electrons. The quantitative estimate of drug-likeness (QED) is 0.857. The van der Waals surface area contributed by atoms with Gasteiger partial charge in [0.05, 0.1) is 11.5 Å². The van der Waals surface area contributed by atoms with Gasteiger partial charge < -0.3 is 14.8 Å². The van der Waals surface area contributed by atoms with Gasteiger partial charge in [0.1, 0.15) is 24.3 Å². The largest absolute Gasteiger partial charge is 0.346 e. The van der Waals surface area contributed by atoms with Gasteiger partial charge in [-0.2, -0.15) is 5.26 Å². The van der Waals surface area contributed by atoms with Crippen molar-refractivity contribution in [3.05, 3.63) is 18.6 Å². The highest BCUT2D eigenvalue weighted by Crippen LogP contribution is 2.43. The summed E-state index contributed by atoms with van der Waals surface area (Å²) < 4.78 is 0. The van der Waals surface area contributed by atoms with Crippen molar-refractivity contribution in [1.82, 2.24) is 19.9 Å². The average Bonchev–Trinajstić information content (AvgIpc) is 3.21. The number of aromatic nitrogens is 3. The zero-order valence-electron chi connectivity index (χ0n) is 13.1. The number of likely N-dealkylation sites (N-methyl/N-ethyl adjacent to an activating group) is 1. The van der Waals surface area contributed by atoms with Crippen LogP contribution in [0.3, 0.4) is 0 Å². The third-order valence-electron chi connectivity index (χ3n) is 4.25. The summed E-state index contributed by atoms with van der Waals surface area (Å²) in [6, 6.07) is 3.97. The second-order valence-electron chi connectivity index (χ2n) is 5.50. The molecule has 1 saturated heterocycles. The Morgan fingerprint density at radius 3 is 3.17 bits per heavy atom. The van der Waals surface area contributed by atoms with Crippen LogP contribution in [0.4, 0.5) is 5.82 Å². The van der Waals surface area contributed by atoms with E-state index in [4.69, 9.17) is 5.26 Å². The molecule has 1 atom stereocenters. The van der Waals surface area contributed by atoms with Crippen LogP contribution in [0.1, 0.15) is 12.8 Å². The summed E-state index contributed by atoms with van der Waals surface area (Å²) >= 11 is 1.51. The molecule has 1 aliphatic heterocycles. The first-order chi connectivity index (χ1) is 11.1. The van der Waals surface area contributed by atoms with E-state index in [0.29, 0.717) is 0 Å². The smallest absolute Gasteiger partial charge is 0.259 e.